The van der Waals surface area contributed by atoms with E-state index >= 15 is 0 Å². The molecule has 0 radical (unpaired) electrons. The molecule has 0 aromatic heterocycles. The fraction of sp³-hybridized carbons (Fsp3) is 0.118. The molecular weight excluding hydrogens is 328 g/mol. The maximum Gasteiger partial charge on any atom is 0.273 e. The van der Waals surface area contributed by atoms with Crippen molar-refractivity contribution in [3.63, 3.8) is 0 Å². The summed E-state index contributed by atoms with van der Waals surface area (Å²) in [6, 6.07) is 13.1. The zero-order chi connectivity index (χ0) is 17.4. The van der Waals surface area contributed by atoms with Crippen LogP contribution in [-0.4, -0.2) is 23.2 Å². The van der Waals surface area contributed by atoms with E-state index in [1.807, 2.05) is 18.2 Å². The Morgan fingerprint density at radius 2 is 2.08 bits per heavy atom. The largest absolute Gasteiger partial charge is 0.484 e. The fourth-order valence-electron chi connectivity index (χ4n) is 1.87. The SMILES string of the molecule is C=CCSc1ccccc1NC(=O)COc1cccc([N+](=O)[O-])c1. The molecular formula is C17H16N2O4S. The van der Waals surface area contributed by atoms with Gasteiger partial charge in [-0.3, -0.25) is 14.9 Å². The Morgan fingerprint density at radius 3 is 2.83 bits per heavy atom. The van der Waals surface area contributed by atoms with Crippen LogP contribution in [0.4, 0.5) is 11.4 Å². The number of hydrogen-bond acceptors (Lipinski definition) is 5. The number of anilines is 1. The number of nitrogens with zero attached hydrogens (tertiary/aromatic N) is 1. The normalized spacial score (nSPS) is 10.0. The van der Waals surface area contributed by atoms with Gasteiger partial charge in [0.25, 0.3) is 11.6 Å². The number of nitro groups is 1. The Morgan fingerprint density at radius 1 is 1.29 bits per heavy atom. The van der Waals surface area contributed by atoms with Crippen LogP contribution in [-0.2, 0) is 4.79 Å². The standard InChI is InChI=1S/C17H16N2O4S/c1-2-10-24-16-9-4-3-8-15(16)18-17(20)12-23-14-7-5-6-13(11-14)19(21)22/h2-9,11H,1,10,12H2,(H,18,20). The Kier molecular flexibility index (Phi) is 6.39. The maximum atomic E-state index is 12.0. The van der Waals surface area contributed by atoms with Crippen molar-refractivity contribution in [2.75, 3.05) is 17.7 Å². The second kappa shape index (κ2) is 8.73. The van der Waals surface area contributed by atoms with E-state index < -0.39 is 4.92 Å². The predicted octanol–water partition coefficient (Wildman–Crippen LogP) is 3.89. The van der Waals surface area contributed by atoms with Gasteiger partial charge >= 0.3 is 0 Å². The highest BCUT2D eigenvalue weighted by molar-refractivity contribution is 7.99. The molecule has 0 saturated heterocycles. The van der Waals surface area contributed by atoms with Gasteiger partial charge in [-0.1, -0.05) is 24.3 Å². The molecule has 0 bridgehead atoms. The maximum absolute atomic E-state index is 12.0. The van der Waals surface area contributed by atoms with Crippen molar-refractivity contribution in [3.05, 3.63) is 71.3 Å². The number of hydrogen-bond donors (Lipinski definition) is 1. The summed E-state index contributed by atoms with van der Waals surface area (Å²) in [6.45, 7) is 3.44. The Labute approximate surface area is 143 Å². The molecule has 6 nitrogen and oxygen atoms in total. The lowest BCUT2D eigenvalue weighted by atomic mass is 10.3. The number of rotatable bonds is 8. The average molecular weight is 344 g/mol. The lowest BCUT2D eigenvalue weighted by Gasteiger charge is -2.11. The summed E-state index contributed by atoms with van der Waals surface area (Å²) in [7, 11) is 0. The molecule has 1 amide bonds. The Hall–Kier alpha value is -2.80. The molecule has 0 spiro atoms. The Bertz CT molecular complexity index is 749. The molecule has 7 heteroatoms. The number of amides is 1. The van der Waals surface area contributed by atoms with E-state index in [4.69, 9.17) is 4.74 Å². The lowest BCUT2D eigenvalue weighted by Crippen LogP contribution is -2.20. The van der Waals surface area contributed by atoms with Gasteiger partial charge in [-0.05, 0) is 18.2 Å². The Balaban J connectivity index is 1.95. The molecule has 1 N–H and O–H groups in total. The number of ether oxygens (including phenoxy) is 1. The third-order valence-electron chi connectivity index (χ3n) is 2.92. The van der Waals surface area contributed by atoms with Crippen LogP contribution >= 0.6 is 11.8 Å². The summed E-state index contributed by atoms with van der Waals surface area (Å²) in [5.41, 5.74) is 0.607. The fourth-order valence-corrected chi connectivity index (χ4v) is 2.61. The van der Waals surface area contributed by atoms with E-state index in [0.717, 1.165) is 10.6 Å². The highest BCUT2D eigenvalue weighted by Gasteiger charge is 2.10. The van der Waals surface area contributed by atoms with Crippen LogP contribution in [0.2, 0.25) is 0 Å². The number of nitrogens with one attached hydrogen (secondary N) is 1. The van der Waals surface area contributed by atoms with Crippen molar-refractivity contribution in [1.29, 1.82) is 0 Å². The molecule has 0 fully saturated rings. The molecule has 24 heavy (non-hydrogen) atoms. The minimum Gasteiger partial charge on any atom is -0.484 e. The van der Waals surface area contributed by atoms with E-state index in [-0.39, 0.29) is 24.0 Å². The number of carbonyl (C=O) groups excluding carboxylic acids is 1. The van der Waals surface area contributed by atoms with Crippen LogP contribution in [0, 0.1) is 10.1 Å². The van der Waals surface area contributed by atoms with Gasteiger partial charge < -0.3 is 10.1 Å². The topological polar surface area (TPSA) is 81.5 Å². The molecule has 2 rings (SSSR count). The molecule has 0 unspecified atom stereocenters. The minimum atomic E-state index is -0.514. The van der Waals surface area contributed by atoms with Crippen molar-refractivity contribution >= 4 is 29.0 Å². The average Bonchev–Trinajstić information content (AvgIpc) is 2.59. The molecule has 2 aromatic rings. The van der Waals surface area contributed by atoms with Crippen molar-refractivity contribution in [2.24, 2.45) is 0 Å². The summed E-state index contributed by atoms with van der Waals surface area (Å²) in [6.07, 6.45) is 1.79. The van der Waals surface area contributed by atoms with E-state index in [0.29, 0.717) is 5.69 Å². The number of thioether (sulfide) groups is 1. The molecule has 0 aliphatic heterocycles. The smallest absolute Gasteiger partial charge is 0.273 e. The van der Waals surface area contributed by atoms with Crippen LogP contribution in [0.25, 0.3) is 0 Å². The molecule has 0 saturated carbocycles. The second-order valence-electron chi connectivity index (χ2n) is 4.69. The molecule has 0 heterocycles. The molecule has 2 aromatic carbocycles. The molecule has 0 atom stereocenters. The lowest BCUT2D eigenvalue weighted by molar-refractivity contribution is -0.384. The summed E-state index contributed by atoms with van der Waals surface area (Å²) in [4.78, 5) is 23.2. The third-order valence-corrected chi connectivity index (χ3v) is 3.99. The number of nitro benzene ring substituents is 1. The van der Waals surface area contributed by atoms with Gasteiger partial charge in [0.1, 0.15) is 5.75 Å². The minimum absolute atomic E-state index is 0.0842. The van der Waals surface area contributed by atoms with Gasteiger partial charge in [0, 0.05) is 16.7 Å². The quantitative estimate of drug-likeness (QED) is 0.340. The van der Waals surface area contributed by atoms with Crippen molar-refractivity contribution in [1.82, 2.24) is 0 Å². The predicted molar refractivity (Wildman–Crippen MR) is 94.6 cm³/mol. The second-order valence-corrected chi connectivity index (χ2v) is 5.75. The zero-order valence-electron chi connectivity index (χ0n) is 12.8. The van der Waals surface area contributed by atoms with E-state index in [9.17, 15) is 14.9 Å². The monoisotopic (exact) mass is 344 g/mol. The van der Waals surface area contributed by atoms with Crippen LogP contribution in [0.1, 0.15) is 0 Å². The molecule has 124 valence electrons. The number of non-ortho nitro benzene ring substituents is 1. The zero-order valence-corrected chi connectivity index (χ0v) is 13.6. The first-order valence-corrected chi connectivity index (χ1v) is 8.08. The molecule has 0 aliphatic rings. The first-order valence-electron chi connectivity index (χ1n) is 7.10. The third kappa shape index (κ3) is 5.13. The number of benzene rings is 2. The van der Waals surface area contributed by atoms with Crippen LogP contribution in [0.15, 0.2) is 66.1 Å². The summed E-state index contributed by atoms with van der Waals surface area (Å²) >= 11 is 1.56. The van der Waals surface area contributed by atoms with Gasteiger partial charge in [0.05, 0.1) is 16.7 Å². The number of para-hydroxylation sites is 1. The van der Waals surface area contributed by atoms with Crippen LogP contribution < -0.4 is 10.1 Å². The van der Waals surface area contributed by atoms with Crippen LogP contribution in [0.3, 0.4) is 0 Å². The first-order chi connectivity index (χ1) is 11.6. The summed E-state index contributed by atoms with van der Waals surface area (Å²) in [5.74, 6) is 0.665. The first kappa shape index (κ1) is 17.6. The van der Waals surface area contributed by atoms with Crippen molar-refractivity contribution in [3.8, 4) is 5.75 Å². The highest BCUT2D eigenvalue weighted by Crippen LogP contribution is 2.27. The van der Waals surface area contributed by atoms with E-state index in [2.05, 4.69) is 11.9 Å². The van der Waals surface area contributed by atoms with E-state index in [1.54, 1.807) is 30.0 Å². The molecule has 0 aliphatic carbocycles. The number of carbonyl (C=O) groups is 1. The van der Waals surface area contributed by atoms with Crippen molar-refractivity contribution < 1.29 is 14.5 Å². The summed E-state index contributed by atoms with van der Waals surface area (Å²) < 4.78 is 5.31. The van der Waals surface area contributed by atoms with Gasteiger partial charge in [-0.15, -0.1) is 18.3 Å². The van der Waals surface area contributed by atoms with Crippen LogP contribution in [0.5, 0.6) is 5.75 Å². The van der Waals surface area contributed by atoms with Gasteiger partial charge in [-0.2, -0.15) is 0 Å². The van der Waals surface area contributed by atoms with Gasteiger partial charge in [0.15, 0.2) is 6.61 Å². The van der Waals surface area contributed by atoms with Crippen molar-refractivity contribution in [2.45, 2.75) is 4.90 Å². The van der Waals surface area contributed by atoms with E-state index in [1.165, 1.54) is 18.2 Å². The summed E-state index contributed by atoms with van der Waals surface area (Å²) in [5, 5.41) is 13.5. The highest BCUT2D eigenvalue weighted by atomic mass is 32.2. The van der Waals surface area contributed by atoms with Gasteiger partial charge in [-0.25, -0.2) is 0 Å². The van der Waals surface area contributed by atoms with Gasteiger partial charge in [0.2, 0.25) is 0 Å².